The predicted molar refractivity (Wildman–Crippen MR) is 120 cm³/mol. The Labute approximate surface area is 171 Å². The zero-order valence-corrected chi connectivity index (χ0v) is 19.2. The molecule has 0 bridgehead atoms. The number of aromatic carboxylic acids is 2. The van der Waals surface area contributed by atoms with E-state index < -0.39 is 11.9 Å². The normalized spacial score (nSPS) is 8.21. The van der Waals surface area contributed by atoms with Gasteiger partial charge in [-0.2, -0.15) is 0 Å². The first-order valence-electron chi connectivity index (χ1n) is 9.84. The summed E-state index contributed by atoms with van der Waals surface area (Å²) >= 11 is 0. The molecule has 0 saturated carbocycles. The van der Waals surface area contributed by atoms with Crippen molar-refractivity contribution in [3.63, 3.8) is 0 Å². The van der Waals surface area contributed by atoms with Gasteiger partial charge in [0.05, 0.1) is 11.1 Å². The monoisotopic (exact) mass is 390 g/mol. The maximum atomic E-state index is 10.6. The molecule has 2 N–H and O–H groups in total. The number of hydrogen-bond acceptors (Lipinski definition) is 2. The van der Waals surface area contributed by atoms with Crippen molar-refractivity contribution in [3.05, 3.63) is 69.8 Å². The molecular weight excluding hydrogens is 352 g/mol. The molecule has 2 rings (SSSR count). The maximum absolute atomic E-state index is 10.6. The summed E-state index contributed by atoms with van der Waals surface area (Å²) in [6.45, 7) is 19.6. The Morgan fingerprint density at radius 2 is 1.14 bits per heavy atom. The third-order valence-corrected chi connectivity index (χ3v) is 3.59. The molecule has 0 heterocycles. The second-order valence-electron chi connectivity index (χ2n) is 5.16. The van der Waals surface area contributed by atoms with Gasteiger partial charge in [0.1, 0.15) is 0 Å². The highest BCUT2D eigenvalue weighted by molar-refractivity contribution is 5.89. The topological polar surface area (TPSA) is 74.6 Å². The van der Waals surface area contributed by atoms with Gasteiger partial charge in [-0.1, -0.05) is 59.7 Å². The summed E-state index contributed by atoms with van der Waals surface area (Å²) in [5.74, 6) is -1.72. The molecule has 0 spiro atoms. The van der Waals surface area contributed by atoms with E-state index in [0.717, 1.165) is 22.3 Å². The van der Waals surface area contributed by atoms with Gasteiger partial charge in [-0.15, -0.1) is 0 Å². The van der Waals surface area contributed by atoms with Gasteiger partial charge >= 0.3 is 11.9 Å². The zero-order chi connectivity index (χ0) is 22.9. The van der Waals surface area contributed by atoms with Crippen LogP contribution in [0.1, 0.15) is 84.5 Å². The highest BCUT2D eigenvalue weighted by Crippen LogP contribution is 2.12. The van der Waals surface area contributed by atoms with Crippen molar-refractivity contribution in [2.24, 2.45) is 0 Å². The van der Waals surface area contributed by atoms with Crippen molar-refractivity contribution in [3.8, 4) is 0 Å². The summed E-state index contributed by atoms with van der Waals surface area (Å²) < 4.78 is 0. The van der Waals surface area contributed by atoms with Crippen LogP contribution in [0.2, 0.25) is 0 Å². The van der Waals surface area contributed by atoms with E-state index in [1.165, 1.54) is 0 Å². The average Bonchev–Trinajstić information content (AvgIpc) is 2.71. The third kappa shape index (κ3) is 11.2. The van der Waals surface area contributed by atoms with Gasteiger partial charge in [0.15, 0.2) is 0 Å². The number of carboxylic acids is 2. The molecule has 0 amide bonds. The molecule has 0 unspecified atom stereocenters. The fourth-order valence-electron chi connectivity index (χ4n) is 1.86. The first-order valence-corrected chi connectivity index (χ1v) is 9.84. The summed E-state index contributed by atoms with van der Waals surface area (Å²) in [4.78, 5) is 21.0. The summed E-state index contributed by atoms with van der Waals surface area (Å²) in [5.41, 5.74) is 4.75. The lowest BCUT2D eigenvalue weighted by molar-refractivity contribution is 0.0685. The molecule has 4 nitrogen and oxygen atoms in total. The molecule has 158 valence electrons. The number of carbonyl (C=O) groups is 2. The second-order valence-corrected chi connectivity index (χ2v) is 5.16. The van der Waals surface area contributed by atoms with Gasteiger partial charge in [-0.05, 0) is 68.1 Å². The Bertz CT molecular complexity index is 704. The van der Waals surface area contributed by atoms with Crippen LogP contribution in [0.5, 0.6) is 0 Å². The van der Waals surface area contributed by atoms with Crippen molar-refractivity contribution < 1.29 is 19.8 Å². The largest absolute Gasteiger partial charge is 0.478 e. The molecule has 0 aromatic heterocycles. The van der Waals surface area contributed by atoms with Crippen molar-refractivity contribution in [1.82, 2.24) is 0 Å². The molecule has 28 heavy (non-hydrogen) atoms. The van der Waals surface area contributed by atoms with Gasteiger partial charge < -0.3 is 10.2 Å². The molecule has 0 aliphatic rings. The first kappa shape index (κ1) is 30.1. The molecule has 0 fully saturated rings. The summed E-state index contributed by atoms with van der Waals surface area (Å²) in [6, 6.07) is 10.4. The summed E-state index contributed by atoms with van der Waals surface area (Å²) in [6.07, 6.45) is 0. The van der Waals surface area contributed by atoms with Crippen LogP contribution in [0, 0.1) is 27.7 Å². The van der Waals surface area contributed by atoms with Gasteiger partial charge in [0.2, 0.25) is 0 Å². The quantitative estimate of drug-likeness (QED) is 0.574. The molecule has 0 saturated heterocycles. The van der Waals surface area contributed by atoms with E-state index in [9.17, 15) is 9.59 Å². The van der Waals surface area contributed by atoms with Crippen LogP contribution in [-0.2, 0) is 0 Å². The van der Waals surface area contributed by atoms with Crippen molar-refractivity contribution in [2.45, 2.75) is 69.2 Å². The highest BCUT2D eigenvalue weighted by atomic mass is 16.4. The SMILES string of the molecule is CC.CC.CC.Cc1ccc(C(=O)O)cc1C.Cc1cccc(C(=O)O)c1C. The number of benzene rings is 2. The Morgan fingerprint density at radius 1 is 0.643 bits per heavy atom. The van der Waals surface area contributed by atoms with Gasteiger partial charge in [0.25, 0.3) is 0 Å². The van der Waals surface area contributed by atoms with Gasteiger partial charge in [-0.25, -0.2) is 9.59 Å². The van der Waals surface area contributed by atoms with Crippen LogP contribution >= 0.6 is 0 Å². The Hall–Kier alpha value is -2.62. The van der Waals surface area contributed by atoms with E-state index in [0.29, 0.717) is 11.1 Å². The first-order chi connectivity index (χ1) is 13.2. The predicted octanol–water partition coefficient (Wildman–Crippen LogP) is 7.08. The minimum atomic E-state index is -0.867. The molecule has 2 aromatic rings. The van der Waals surface area contributed by atoms with E-state index in [1.807, 2.05) is 81.4 Å². The molecule has 0 aliphatic carbocycles. The third-order valence-electron chi connectivity index (χ3n) is 3.59. The molecular formula is C24H38O4. The van der Waals surface area contributed by atoms with Crippen LogP contribution in [0.4, 0.5) is 0 Å². The van der Waals surface area contributed by atoms with Crippen LogP contribution < -0.4 is 0 Å². The van der Waals surface area contributed by atoms with Crippen LogP contribution in [0.15, 0.2) is 36.4 Å². The molecule has 2 aromatic carbocycles. The smallest absolute Gasteiger partial charge is 0.335 e. The van der Waals surface area contributed by atoms with Crippen LogP contribution in [-0.4, -0.2) is 22.2 Å². The fraction of sp³-hybridized carbons (Fsp3) is 0.417. The number of hydrogen-bond donors (Lipinski definition) is 2. The molecule has 4 heteroatoms. The molecule has 0 atom stereocenters. The summed E-state index contributed by atoms with van der Waals surface area (Å²) in [5, 5.41) is 17.3. The van der Waals surface area contributed by atoms with E-state index in [-0.39, 0.29) is 0 Å². The van der Waals surface area contributed by atoms with Crippen molar-refractivity contribution >= 4 is 11.9 Å². The van der Waals surface area contributed by atoms with Crippen molar-refractivity contribution in [2.75, 3.05) is 0 Å². The van der Waals surface area contributed by atoms with E-state index in [2.05, 4.69) is 0 Å². The average molecular weight is 391 g/mol. The minimum Gasteiger partial charge on any atom is -0.478 e. The van der Waals surface area contributed by atoms with E-state index in [1.54, 1.807) is 24.3 Å². The number of rotatable bonds is 2. The molecule has 0 radical (unpaired) electrons. The lowest BCUT2D eigenvalue weighted by Gasteiger charge is -2.02. The number of carboxylic acid groups (broad SMARTS) is 2. The highest BCUT2D eigenvalue weighted by Gasteiger charge is 2.06. The fourth-order valence-corrected chi connectivity index (χ4v) is 1.86. The van der Waals surface area contributed by atoms with E-state index in [4.69, 9.17) is 10.2 Å². The lowest BCUT2D eigenvalue weighted by atomic mass is 10.0. The number of aryl methyl sites for hydroxylation is 3. The molecule has 0 aliphatic heterocycles. The Morgan fingerprint density at radius 3 is 1.50 bits per heavy atom. The Kier molecular flexibility index (Phi) is 19.1. The Balaban J connectivity index is -0.000000352. The zero-order valence-electron chi connectivity index (χ0n) is 19.2. The lowest BCUT2D eigenvalue weighted by Crippen LogP contribution is -2.00. The van der Waals surface area contributed by atoms with Crippen LogP contribution in [0.3, 0.4) is 0 Å². The minimum absolute atomic E-state index is 0.355. The summed E-state index contributed by atoms with van der Waals surface area (Å²) in [7, 11) is 0. The van der Waals surface area contributed by atoms with Crippen molar-refractivity contribution in [1.29, 1.82) is 0 Å². The maximum Gasteiger partial charge on any atom is 0.335 e. The second kappa shape index (κ2) is 17.8. The van der Waals surface area contributed by atoms with Crippen LogP contribution in [0.25, 0.3) is 0 Å². The van der Waals surface area contributed by atoms with Gasteiger partial charge in [-0.3, -0.25) is 0 Å². The standard InChI is InChI=1S/2C9H10O2.3C2H6/c1-6-3-4-8(9(10)11)5-7(6)2;1-6-4-3-5-8(7(6)2)9(10)11;3*1-2/h2*3-5H,1-2H3,(H,10,11);3*1-2H3. The van der Waals surface area contributed by atoms with Gasteiger partial charge in [0, 0.05) is 0 Å². The van der Waals surface area contributed by atoms with E-state index >= 15 is 0 Å².